The Kier molecular flexibility index (Phi) is 6.54. The van der Waals surface area contributed by atoms with Crippen LogP contribution in [-0.4, -0.2) is 30.5 Å². The quantitative estimate of drug-likeness (QED) is 0.485. The number of benzene rings is 2. The molecule has 0 unspecified atom stereocenters. The maximum absolute atomic E-state index is 14.3. The van der Waals surface area contributed by atoms with Crippen LogP contribution in [0.1, 0.15) is 33.6 Å². The molecular formula is C24H20Cl2FN3O3. The highest BCUT2D eigenvalue weighted by atomic mass is 35.5. The largest absolute Gasteiger partial charge is 0.489 e. The summed E-state index contributed by atoms with van der Waals surface area (Å²) in [4.78, 5) is 30.3. The van der Waals surface area contributed by atoms with Crippen molar-refractivity contribution in [2.75, 3.05) is 18.6 Å². The molecule has 1 fully saturated rings. The number of nitrogens with zero attached hydrogens (tertiary/aromatic N) is 2. The van der Waals surface area contributed by atoms with E-state index in [0.29, 0.717) is 40.0 Å². The molecule has 2 aromatic carbocycles. The number of aromatic nitrogens is 1. The molecule has 0 bridgehead atoms. The average Bonchev–Trinajstić information content (AvgIpc) is 3.61. The zero-order valence-electron chi connectivity index (χ0n) is 17.6. The minimum absolute atomic E-state index is 0.000956. The summed E-state index contributed by atoms with van der Waals surface area (Å²) in [6, 6.07) is 10.4. The van der Waals surface area contributed by atoms with Crippen molar-refractivity contribution in [1.82, 2.24) is 4.98 Å². The SMILES string of the molecule is CN(C(=O)c1c(F)cccc1Cl)c1ncc(-c2cc(C(N)=O)ccc2Cl)cc1OCC1CC1. The Bertz CT molecular complexity index is 1230. The van der Waals surface area contributed by atoms with Crippen LogP contribution in [0.5, 0.6) is 5.75 Å². The van der Waals surface area contributed by atoms with E-state index in [2.05, 4.69) is 4.98 Å². The summed E-state index contributed by atoms with van der Waals surface area (Å²) in [6.07, 6.45) is 3.63. The Balaban J connectivity index is 1.75. The van der Waals surface area contributed by atoms with Crippen LogP contribution in [0.3, 0.4) is 0 Å². The Morgan fingerprint density at radius 1 is 1.18 bits per heavy atom. The van der Waals surface area contributed by atoms with Gasteiger partial charge in [-0.3, -0.25) is 14.5 Å². The lowest BCUT2D eigenvalue weighted by Gasteiger charge is -2.21. The molecule has 0 spiro atoms. The van der Waals surface area contributed by atoms with Gasteiger partial charge in [-0.1, -0.05) is 29.3 Å². The van der Waals surface area contributed by atoms with E-state index in [0.717, 1.165) is 12.8 Å². The highest BCUT2D eigenvalue weighted by Gasteiger charge is 2.27. The second-order valence-electron chi connectivity index (χ2n) is 7.82. The van der Waals surface area contributed by atoms with Crippen LogP contribution < -0.4 is 15.4 Å². The standard InChI is InChI=1S/C24H20Cl2FN3O3/c1-30(24(32)21-18(26)3-2-4-19(21)27)23-20(33-12-13-5-6-13)10-15(11-29-23)16-9-14(22(28)31)7-8-17(16)25/h2-4,7-11,13H,5-6,12H2,1H3,(H2,28,31). The lowest BCUT2D eigenvalue weighted by atomic mass is 10.0. The molecule has 1 aliphatic carbocycles. The van der Waals surface area contributed by atoms with Gasteiger partial charge in [-0.15, -0.1) is 0 Å². The molecule has 1 saturated carbocycles. The second-order valence-corrected chi connectivity index (χ2v) is 8.63. The lowest BCUT2D eigenvalue weighted by molar-refractivity contribution is 0.0983. The number of pyridine rings is 1. The molecular weight excluding hydrogens is 468 g/mol. The molecule has 0 aliphatic heterocycles. The number of halogens is 3. The third-order valence-electron chi connectivity index (χ3n) is 5.37. The molecule has 0 atom stereocenters. The molecule has 2 amide bonds. The van der Waals surface area contributed by atoms with Crippen molar-refractivity contribution >= 4 is 40.8 Å². The number of hydrogen-bond acceptors (Lipinski definition) is 4. The first-order chi connectivity index (χ1) is 15.8. The van der Waals surface area contributed by atoms with E-state index in [9.17, 15) is 14.0 Å². The van der Waals surface area contributed by atoms with Gasteiger partial charge in [-0.05, 0) is 55.2 Å². The molecule has 1 aromatic heterocycles. The molecule has 4 rings (SSSR count). The number of carbonyl (C=O) groups is 2. The van der Waals surface area contributed by atoms with Gasteiger partial charge >= 0.3 is 0 Å². The van der Waals surface area contributed by atoms with Gasteiger partial charge in [-0.25, -0.2) is 9.37 Å². The summed E-state index contributed by atoms with van der Waals surface area (Å²) >= 11 is 12.4. The van der Waals surface area contributed by atoms with Crippen LogP contribution in [-0.2, 0) is 0 Å². The van der Waals surface area contributed by atoms with Crippen molar-refractivity contribution in [2.45, 2.75) is 12.8 Å². The molecule has 0 saturated heterocycles. The Labute approximate surface area is 200 Å². The monoisotopic (exact) mass is 487 g/mol. The van der Waals surface area contributed by atoms with Gasteiger partial charge in [0.05, 0.1) is 17.2 Å². The number of hydrogen-bond donors (Lipinski definition) is 1. The van der Waals surface area contributed by atoms with Crippen molar-refractivity contribution in [2.24, 2.45) is 11.7 Å². The number of primary amides is 1. The van der Waals surface area contributed by atoms with Crippen molar-refractivity contribution in [3.63, 3.8) is 0 Å². The van der Waals surface area contributed by atoms with E-state index in [1.165, 1.54) is 42.4 Å². The van der Waals surface area contributed by atoms with Gasteiger partial charge in [0.2, 0.25) is 5.91 Å². The molecule has 2 N–H and O–H groups in total. The number of amides is 2. The highest BCUT2D eigenvalue weighted by molar-refractivity contribution is 6.34. The Hall–Kier alpha value is -3.16. The zero-order valence-corrected chi connectivity index (χ0v) is 19.2. The van der Waals surface area contributed by atoms with Crippen LogP contribution in [0.2, 0.25) is 10.0 Å². The summed E-state index contributed by atoms with van der Waals surface area (Å²) < 4.78 is 20.3. The maximum atomic E-state index is 14.3. The first-order valence-electron chi connectivity index (χ1n) is 10.2. The molecule has 33 heavy (non-hydrogen) atoms. The highest BCUT2D eigenvalue weighted by Crippen LogP contribution is 2.37. The van der Waals surface area contributed by atoms with E-state index in [4.69, 9.17) is 33.7 Å². The lowest BCUT2D eigenvalue weighted by Crippen LogP contribution is -2.29. The molecule has 1 aliphatic rings. The zero-order chi connectivity index (χ0) is 23.7. The first kappa shape index (κ1) is 23.0. The predicted octanol–water partition coefficient (Wildman–Crippen LogP) is 5.36. The summed E-state index contributed by atoms with van der Waals surface area (Å²) in [5, 5.41) is 0.393. The number of rotatable bonds is 7. The van der Waals surface area contributed by atoms with Crippen LogP contribution in [0.4, 0.5) is 10.2 Å². The molecule has 9 heteroatoms. The second kappa shape index (κ2) is 9.37. The van der Waals surface area contributed by atoms with Crippen molar-refractivity contribution in [3.05, 3.63) is 75.7 Å². The average molecular weight is 488 g/mol. The maximum Gasteiger partial charge on any atom is 0.263 e. The van der Waals surface area contributed by atoms with Gasteiger partial charge in [-0.2, -0.15) is 0 Å². The van der Waals surface area contributed by atoms with Crippen molar-refractivity contribution < 1.29 is 18.7 Å². The van der Waals surface area contributed by atoms with Gasteiger partial charge < -0.3 is 10.5 Å². The predicted molar refractivity (Wildman–Crippen MR) is 126 cm³/mol. The molecule has 6 nitrogen and oxygen atoms in total. The summed E-state index contributed by atoms with van der Waals surface area (Å²) in [5.41, 5.74) is 6.55. The number of anilines is 1. The fourth-order valence-electron chi connectivity index (χ4n) is 3.30. The van der Waals surface area contributed by atoms with Gasteiger partial charge in [0.25, 0.3) is 5.91 Å². The van der Waals surface area contributed by atoms with Gasteiger partial charge in [0, 0.05) is 35.0 Å². The number of nitrogens with two attached hydrogens (primary N) is 1. The minimum atomic E-state index is -0.730. The Morgan fingerprint density at radius 3 is 2.61 bits per heavy atom. The molecule has 3 aromatic rings. The van der Waals surface area contributed by atoms with Crippen LogP contribution in [0.15, 0.2) is 48.7 Å². The normalized spacial score (nSPS) is 13.0. The third-order valence-corrected chi connectivity index (χ3v) is 6.01. The minimum Gasteiger partial charge on any atom is -0.489 e. The fraction of sp³-hybridized carbons (Fsp3) is 0.208. The molecule has 1 heterocycles. The van der Waals surface area contributed by atoms with Crippen LogP contribution in [0, 0.1) is 11.7 Å². The number of carbonyl (C=O) groups excluding carboxylic acids is 2. The smallest absolute Gasteiger partial charge is 0.263 e. The fourth-order valence-corrected chi connectivity index (χ4v) is 3.77. The van der Waals surface area contributed by atoms with E-state index in [1.54, 1.807) is 18.2 Å². The summed E-state index contributed by atoms with van der Waals surface area (Å²) in [6.45, 7) is 0.454. The van der Waals surface area contributed by atoms with E-state index in [1.807, 2.05) is 0 Å². The topological polar surface area (TPSA) is 85.5 Å². The summed E-state index contributed by atoms with van der Waals surface area (Å²) in [5.74, 6) is -1.02. The van der Waals surface area contributed by atoms with Crippen molar-refractivity contribution in [3.8, 4) is 16.9 Å². The van der Waals surface area contributed by atoms with Gasteiger partial charge in [0.1, 0.15) is 5.82 Å². The van der Waals surface area contributed by atoms with Gasteiger partial charge in [0.15, 0.2) is 11.6 Å². The third kappa shape index (κ3) is 4.94. The van der Waals surface area contributed by atoms with E-state index >= 15 is 0 Å². The first-order valence-corrected chi connectivity index (χ1v) is 11.0. The van der Waals surface area contributed by atoms with Crippen molar-refractivity contribution in [1.29, 1.82) is 0 Å². The number of ether oxygens (including phenoxy) is 1. The molecule has 0 radical (unpaired) electrons. The van der Waals surface area contributed by atoms with E-state index < -0.39 is 17.6 Å². The van der Waals surface area contributed by atoms with E-state index in [-0.39, 0.29) is 16.4 Å². The summed E-state index contributed by atoms with van der Waals surface area (Å²) in [7, 11) is 1.47. The molecule has 170 valence electrons. The Morgan fingerprint density at radius 2 is 1.94 bits per heavy atom. The van der Waals surface area contributed by atoms with Crippen LogP contribution >= 0.6 is 23.2 Å². The van der Waals surface area contributed by atoms with Crippen LogP contribution in [0.25, 0.3) is 11.1 Å².